The van der Waals surface area contributed by atoms with E-state index < -0.39 is 42.5 Å². The van der Waals surface area contributed by atoms with Crippen molar-refractivity contribution in [2.24, 2.45) is 0 Å². The number of aliphatic hydroxyl groups excluding tert-OH is 1. The molecule has 0 aromatic carbocycles. The third-order valence-corrected chi connectivity index (χ3v) is 2.32. The molecular weight excluding hydrogens is 260 g/mol. The largest absolute Gasteiger partial charge is 0.456 e. The zero-order valence-corrected chi connectivity index (χ0v) is 10.8. The summed E-state index contributed by atoms with van der Waals surface area (Å²) >= 11 is 0. The average Bonchev–Trinajstić information content (AvgIpc) is 2.25. The summed E-state index contributed by atoms with van der Waals surface area (Å²) in [5, 5.41) is 9.62. The van der Waals surface area contributed by atoms with E-state index in [1.807, 2.05) is 0 Å². The van der Waals surface area contributed by atoms with E-state index in [0.717, 1.165) is 13.8 Å². The highest BCUT2D eigenvalue weighted by atomic mass is 16.7. The number of aliphatic hydroxyl groups is 1. The molecule has 0 saturated carbocycles. The van der Waals surface area contributed by atoms with Gasteiger partial charge in [-0.15, -0.1) is 0 Å². The Morgan fingerprint density at radius 1 is 0.947 bits per heavy atom. The normalized spacial score (nSPS) is 30.3. The second kappa shape index (κ2) is 6.48. The molecule has 0 aliphatic carbocycles. The van der Waals surface area contributed by atoms with Crippen LogP contribution in [-0.2, 0) is 33.3 Å². The molecule has 0 aromatic rings. The number of rotatable bonds is 3. The molecule has 4 atom stereocenters. The molecule has 1 fully saturated rings. The summed E-state index contributed by atoms with van der Waals surface area (Å²) in [6, 6.07) is 0. The van der Waals surface area contributed by atoms with Gasteiger partial charge in [0.05, 0.1) is 6.61 Å². The molecule has 8 heteroatoms. The molecule has 0 radical (unpaired) electrons. The van der Waals surface area contributed by atoms with Gasteiger partial charge in [-0.25, -0.2) is 0 Å². The second-order valence-electron chi connectivity index (χ2n) is 4.02. The minimum atomic E-state index is -1.46. The van der Waals surface area contributed by atoms with Gasteiger partial charge < -0.3 is 24.1 Å². The fourth-order valence-electron chi connectivity index (χ4n) is 1.72. The summed E-state index contributed by atoms with van der Waals surface area (Å²) in [6.07, 6.45) is -4.78. The van der Waals surface area contributed by atoms with Gasteiger partial charge in [0, 0.05) is 20.8 Å². The molecule has 0 bridgehead atoms. The first-order chi connectivity index (χ1) is 8.81. The molecular formula is C11H16O8. The molecule has 0 spiro atoms. The van der Waals surface area contributed by atoms with Crippen molar-refractivity contribution >= 4 is 17.9 Å². The first-order valence-electron chi connectivity index (χ1n) is 5.62. The van der Waals surface area contributed by atoms with E-state index in [1.165, 1.54) is 6.92 Å². The fourth-order valence-corrected chi connectivity index (χ4v) is 1.72. The maximum Gasteiger partial charge on any atom is 0.303 e. The molecule has 1 heterocycles. The first kappa shape index (κ1) is 15.4. The van der Waals surface area contributed by atoms with Crippen LogP contribution in [0.4, 0.5) is 0 Å². The minimum Gasteiger partial charge on any atom is -0.456 e. The lowest BCUT2D eigenvalue weighted by molar-refractivity contribution is -0.267. The van der Waals surface area contributed by atoms with Gasteiger partial charge in [0.1, 0.15) is 0 Å². The van der Waals surface area contributed by atoms with Crippen molar-refractivity contribution in [1.29, 1.82) is 0 Å². The summed E-state index contributed by atoms with van der Waals surface area (Å²) in [7, 11) is 0. The number of hydrogen-bond acceptors (Lipinski definition) is 8. The third kappa shape index (κ3) is 4.49. The van der Waals surface area contributed by atoms with Crippen LogP contribution in [0, 0.1) is 0 Å². The van der Waals surface area contributed by atoms with Crippen LogP contribution in [0.25, 0.3) is 0 Å². The first-order valence-corrected chi connectivity index (χ1v) is 5.62. The molecule has 0 aromatic heterocycles. The van der Waals surface area contributed by atoms with Crippen molar-refractivity contribution < 1.29 is 38.4 Å². The van der Waals surface area contributed by atoms with E-state index in [-0.39, 0.29) is 6.61 Å². The molecule has 1 aliphatic heterocycles. The maximum atomic E-state index is 11.1. The number of ether oxygens (including phenoxy) is 4. The molecule has 1 N–H and O–H groups in total. The van der Waals surface area contributed by atoms with Crippen molar-refractivity contribution in [2.45, 2.75) is 45.4 Å². The smallest absolute Gasteiger partial charge is 0.303 e. The Labute approximate surface area is 109 Å². The lowest BCUT2D eigenvalue weighted by atomic mass is 10.0. The summed E-state index contributed by atoms with van der Waals surface area (Å²) < 4.78 is 19.6. The summed E-state index contributed by atoms with van der Waals surface area (Å²) in [5.41, 5.74) is 0. The Balaban J connectivity index is 2.89. The summed E-state index contributed by atoms with van der Waals surface area (Å²) in [5.74, 6) is -1.95. The number of esters is 3. The standard InChI is InChI=1S/C11H16O8/c1-5(12)17-8-4-16-11(15)10(19-7(3)14)9(8)18-6(2)13/h8-11,15H,4H2,1-3H3/t8-,9-,10-,11?/m0/s1. The SMILES string of the molecule is CC(=O)O[C@H]1[C@@H](OC(C)=O)COC(O)[C@H]1OC(C)=O. The minimum absolute atomic E-state index is 0.170. The zero-order valence-electron chi connectivity index (χ0n) is 10.8. The van der Waals surface area contributed by atoms with E-state index in [2.05, 4.69) is 0 Å². The average molecular weight is 276 g/mol. The van der Waals surface area contributed by atoms with Crippen molar-refractivity contribution in [3.05, 3.63) is 0 Å². The molecule has 108 valence electrons. The molecule has 1 saturated heterocycles. The number of carbonyl (C=O) groups is 3. The van der Waals surface area contributed by atoms with Crippen LogP contribution in [0.5, 0.6) is 0 Å². The number of hydrogen-bond donors (Lipinski definition) is 1. The van der Waals surface area contributed by atoms with E-state index in [4.69, 9.17) is 18.9 Å². The van der Waals surface area contributed by atoms with E-state index in [1.54, 1.807) is 0 Å². The Morgan fingerprint density at radius 2 is 1.42 bits per heavy atom. The van der Waals surface area contributed by atoms with Crippen molar-refractivity contribution in [2.75, 3.05) is 6.61 Å². The predicted molar refractivity (Wildman–Crippen MR) is 58.6 cm³/mol. The van der Waals surface area contributed by atoms with Crippen LogP contribution in [0.1, 0.15) is 20.8 Å². The van der Waals surface area contributed by atoms with Gasteiger partial charge in [-0.2, -0.15) is 0 Å². The van der Waals surface area contributed by atoms with E-state index >= 15 is 0 Å². The highest BCUT2D eigenvalue weighted by molar-refractivity contribution is 5.68. The molecule has 0 amide bonds. The van der Waals surface area contributed by atoms with Crippen LogP contribution in [0.15, 0.2) is 0 Å². The molecule has 1 rings (SSSR count). The summed E-state index contributed by atoms with van der Waals surface area (Å²) in [6.45, 7) is 3.29. The fraction of sp³-hybridized carbons (Fsp3) is 0.727. The van der Waals surface area contributed by atoms with Crippen LogP contribution >= 0.6 is 0 Å². The Kier molecular flexibility index (Phi) is 5.25. The van der Waals surface area contributed by atoms with Crippen LogP contribution < -0.4 is 0 Å². The van der Waals surface area contributed by atoms with Gasteiger partial charge in [0.25, 0.3) is 0 Å². The van der Waals surface area contributed by atoms with E-state index in [0.29, 0.717) is 0 Å². The van der Waals surface area contributed by atoms with Crippen LogP contribution in [-0.4, -0.2) is 54.2 Å². The second-order valence-corrected chi connectivity index (χ2v) is 4.02. The molecule has 8 nitrogen and oxygen atoms in total. The lowest BCUT2D eigenvalue weighted by Crippen LogP contribution is -2.57. The van der Waals surface area contributed by atoms with Crippen molar-refractivity contribution in [3.63, 3.8) is 0 Å². The monoisotopic (exact) mass is 276 g/mol. The van der Waals surface area contributed by atoms with Gasteiger partial charge in [0.15, 0.2) is 24.6 Å². The van der Waals surface area contributed by atoms with Gasteiger partial charge in [-0.1, -0.05) is 0 Å². The molecule has 1 aliphatic rings. The van der Waals surface area contributed by atoms with E-state index in [9.17, 15) is 19.5 Å². The third-order valence-electron chi connectivity index (χ3n) is 2.32. The van der Waals surface area contributed by atoms with Gasteiger partial charge in [-0.05, 0) is 0 Å². The van der Waals surface area contributed by atoms with Crippen molar-refractivity contribution in [1.82, 2.24) is 0 Å². The topological polar surface area (TPSA) is 108 Å². The Morgan fingerprint density at radius 3 is 1.89 bits per heavy atom. The molecule has 1 unspecified atom stereocenters. The Hall–Kier alpha value is -1.67. The van der Waals surface area contributed by atoms with Crippen LogP contribution in [0.2, 0.25) is 0 Å². The zero-order chi connectivity index (χ0) is 14.6. The highest BCUT2D eigenvalue weighted by Crippen LogP contribution is 2.23. The Bertz CT molecular complexity index is 366. The van der Waals surface area contributed by atoms with Gasteiger partial charge in [0.2, 0.25) is 0 Å². The summed E-state index contributed by atoms with van der Waals surface area (Å²) in [4.78, 5) is 33.0. The lowest BCUT2D eigenvalue weighted by Gasteiger charge is -2.38. The molecule has 19 heavy (non-hydrogen) atoms. The maximum absolute atomic E-state index is 11.1. The highest BCUT2D eigenvalue weighted by Gasteiger charge is 2.46. The number of carbonyl (C=O) groups excluding carboxylic acids is 3. The van der Waals surface area contributed by atoms with Gasteiger partial charge in [-0.3, -0.25) is 14.4 Å². The van der Waals surface area contributed by atoms with Gasteiger partial charge >= 0.3 is 17.9 Å². The van der Waals surface area contributed by atoms with Crippen LogP contribution in [0.3, 0.4) is 0 Å². The predicted octanol–water partition coefficient (Wildman–Crippen LogP) is -0.870. The van der Waals surface area contributed by atoms with Crippen molar-refractivity contribution in [3.8, 4) is 0 Å². The quantitative estimate of drug-likeness (QED) is 0.523.